The number of carbonyl (C=O) groups is 1. The summed E-state index contributed by atoms with van der Waals surface area (Å²) in [6.45, 7) is 3.47. The molecule has 1 N–H and O–H groups in total. The number of hydrogen-bond acceptors (Lipinski definition) is 4. The van der Waals surface area contributed by atoms with Gasteiger partial charge in [-0.05, 0) is 19.1 Å². The molecule has 0 saturated carbocycles. The van der Waals surface area contributed by atoms with E-state index in [0.717, 1.165) is 29.4 Å². The molecule has 0 aromatic heterocycles. The first kappa shape index (κ1) is 12.5. The van der Waals surface area contributed by atoms with Gasteiger partial charge in [-0.2, -0.15) is 11.8 Å². The maximum Gasteiger partial charge on any atom is 0.180 e. The highest BCUT2D eigenvalue weighted by molar-refractivity contribution is 7.99. The Morgan fingerprint density at radius 1 is 1.59 bits per heavy atom. The van der Waals surface area contributed by atoms with Crippen molar-refractivity contribution in [3.63, 3.8) is 0 Å². The standard InChI is InChI=1S/C13H17NO2S/c1-2-16-11-5-3-4-10(8-11)13(15)12-9-17-7-6-14-12/h3-5,8,12,14H,2,6-7,9H2,1H3. The molecule has 0 bridgehead atoms. The molecule has 1 fully saturated rings. The molecular formula is C13H17NO2S. The van der Waals surface area contributed by atoms with Crippen LogP contribution in [-0.4, -0.2) is 36.5 Å². The first-order chi connectivity index (χ1) is 8.31. The zero-order chi connectivity index (χ0) is 12.1. The second-order valence-electron chi connectivity index (χ2n) is 3.91. The maximum atomic E-state index is 12.2. The number of benzene rings is 1. The third-order valence-corrected chi connectivity index (χ3v) is 3.73. The first-order valence-corrected chi connectivity index (χ1v) is 7.05. The van der Waals surface area contributed by atoms with Gasteiger partial charge in [-0.25, -0.2) is 0 Å². The van der Waals surface area contributed by atoms with E-state index in [9.17, 15) is 4.79 Å². The van der Waals surface area contributed by atoms with E-state index in [-0.39, 0.29) is 11.8 Å². The average molecular weight is 251 g/mol. The Bertz CT molecular complexity index is 389. The molecule has 1 saturated heterocycles. The summed E-state index contributed by atoms with van der Waals surface area (Å²) in [6, 6.07) is 7.38. The van der Waals surface area contributed by atoms with Crippen LogP contribution in [0.15, 0.2) is 24.3 Å². The van der Waals surface area contributed by atoms with Gasteiger partial charge in [0.1, 0.15) is 5.75 Å². The monoisotopic (exact) mass is 251 g/mol. The van der Waals surface area contributed by atoms with Gasteiger partial charge in [-0.3, -0.25) is 4.79 Å². The van der Waals surface area contributed by atoms with Crippen molar-refractivity contribution >= 4 is 17.5 Å². The van der Waals surface area contributed by atoms with Gasteiger partial charge >= 0.3 is 0 Å². The lowest BCUT2D eigenvalue weighted by Crippen LogP contribution is -2.43. The number of ketones is 1. The summed E-state index contributed by atoms with van der Waals surface area (Å²) in [7, 11) is 0. The van der Waals surface area contributed by atoms with Crippen molar-refractivity contribution in [1.29, 1.82) is 0 Å². The summed E-state index contributed by atoms with van der Waals surface area (Å²) in [4.78, 5) is 12.2. The van der Waals surface area contributed by atoms with Crippen LogP contribution in [0.3, 0.4) is 0 Å². The van der Waals surface area contributed by atoms with E-state index in [4.69, 9.17) is 4.74 Å². The van der Waals surface area contributed by atoms with Crippen LogP contribution in [0.5, 0.6) is 5.75 Å². The predicted octanol–water partition coefficient (Wildman–Crippen LogP) is 1.97. The number of nitrogens with one attached hydrogen (secondary N) is 1. The minimum Gasteiger partial charge on any atom is -0.494 e. The summed E-state index contributed by atoms with van der Waals surface area (Å²) in [5.41, 5.74) is 0.732. The second kappa shape index (κ2) is 6.07. The minimum atomic E-state index is -0.0503. The van der Waals surface area contributed by atoms with Gasteiger partial charge in [0.2, 0.25) is 0 Å². The molecular weight excluding hydrogens is 234 g/mol. The van der Waals surface area contributed by atoms with E-state index in [1.165, 1.54) is 0 Å². The summed E-state index contributed by atoms with van der Waals surface area (Å²) < 4.78 is 5.41. The molecule has 17 heavy (non-hydrogen) atoms. The van der Waals surface area contributed by atoms with Crippen LogP contribution in [0.1, 0.15) is 17.3 Å². The van der Waals surface area contributed by atoms with E-state index >= 15 is 0 Å². The molecule has 0 aliphatic carbocycles. The number of carbonyl (C=O) groups excluding carboxylic acids is 1. The van der Waals surface area contributed by atoms with E-state index in [1.54, 1.807) is 0 Å². The molecule has 92 valence electrons. The summed E-state index contributed by atoms with van der Waals surface area (Å²) >= 11 is 1.83. The SMILES string of the molecule is CCOc1cccc(C(=O)C2CSCCN2)c1. The van der Waals surface area contributed by atoms with Crippen LogP contribution in [0.2, 0.25) is 0 Å². The van der Waals surface area contributed by atoms with Crippen LogP contribution in [-0.2, 0) is 0 Å². The van der Waals surface area contributed by atoms with Crippen molar-refractivity contribution in [1.82, 2.24) is 5.32 Å². The molecule has 1 unspecified atom stereocenters. The fourth-order valence-electron chi connectivity index (χ4n) is 1.84. The number of ether oxygens (including phenoxy) is 1. The Morgan fingerprint density at radius 2 is 2.47 bits per heavy atom. The largest absolute Gasteiger partial charge is 0.494 e. The summed E-state index contributed by atoms with van der Waals surface area (Å²) in [5, 5.41) is 3.26. The predicted molar refractivity (Wildman–Crippen MR) is 71.1 cm³/mol. The molecule has 0 spiro atoms. The molecule has 4 heteroatoms. The van der Waals surface area contributed by atoms with Crippen molar-refractivity contribution in [3.05, 3.63) is 29.8 Å². The minimum absolute atomic E-state index is 0.0503. The Morgan fingerprint density at radius 3 is 3.18 bits per heavy atom. The highest BCUT2D eigenvalue weighted by atomic mass is 32.2. The lowest BCUT2D eigenvalue weighted by Gasteiger charge is -2.22. The number of rotatable bonds is 4. The molecule has 0 amide bonds. The molecule has 1 aromatic rings. The third kappa shape index (κ3) is 3.23. The van der Waals surface area contributed by atoms with Gasteiger partial charge in [-0.1, -0.05) is 12.1 Å². The van der Waals surface area contributed by atoms with Gasteiger partial charge < -0.3 is 10.1 Å². The Labute approximate surface area is 106 Å². The van der Waals surface area contributed by atoms with Crippen molar-refractivity contribution in [2.24, 2.45) is 0 Å². The van der Waals surface area contributed by atoms with Crippen molar-refractivity contribution < 1.29 is 9.53 Å². The fourth-order valence-corrected chi connectivity index (χ4v) is 2.77. The normalized spacial score (nSPS) is 19.9. The van der Waals surface area contributed by atoms with Crippen LogP contribution in [0, 0.1) is 0 Å². The molecule has 3 nitrogen and oxygen atoms in total. The second-order valence-corrected chi connectivity index (χ2v) is 5.06. The van der Waals surface area contributed by atoms with Crippen molar-refractivity contribution in [3.8, 4) is 5.75 Å². The van der Waals surface area contributed by atoms with Crippen molar-refractivity contribution in [2.75, 3.05) is 24.7 Å². The first-order valence-electron chi connectivity index (χ1n) is 5.89. The maximum absolute atomic E-state index is 12.2. The van der Waals surface area contributed by atoms with Gasteiger partial charge in [0.05, 0.1) is 12.6 Å². The number of thioether (sulfide) groups is 1. The quantitative estimate of drug-likeness (QED) is 0.830. The molecule has 0 radical (unpaired) electrons. The number of Topliss-reactive ketones (excluding diaryl/α,β-unsaturated/α-hetero) is 1. The van der Waals surface area contributed by atoms with Crippen molar-refractivity contribution in [2.45, 2.75) is 13.0 Å². The van der Waals surface area contributed by atoms with E-state index in [2.05, 4.69) is 5.32 Å². The highest BCUT2D eigenvalue weighted by Crippen LogP contribution is 2.17. The van der Waals surface area contributed by atoms with Crippen LogP contribution >= 0.6 is 11.8 Å². The highest BCUT2D eigenvalue weighted by Gasteiger charge is 2.22. The lowest BCUT2D eigenvalue weighted by atomic mass is 10.1. The van der Waals surface area contributed by atoms with Gasteiger partial charge in [0, 0.05) is 23.6 Å². The van der Waals surface area contributed by atoms with E-state index in [1.807, 2.05) is 43.0 Å². The van der Waals surface area contributed by atoms with Crippen LogP contribution < -0.4 is 10.1 Å². The van der Waals surface area contributed by atoms with Gasteiger partial charge in [0.25, 0.3) is 0 Å². The summed E-state index contributed by atoms with van der Waals surface area (Å²) in [6.07, 6.45) is 0. The molecule has 1 atom stereocenters. The molecule has 1 aliphatic heterocycles. The summed E-state index contributed by atoms with van der Waals surface area (Å²) in [5.74, 6) is 2.88. The van der Waals surface area contributed by atoms with Crippen LogP contribution in [0.4, 0.5) is 0 Å². The Kier molecular flexibility index (Phi) is 4.45. The van der Waals surface area contributed by atoms with E-state index in [0.29, 0.717) is 6.61 Å². The molecule has 1 aliphatic rings. The van der Waals surface area contributed by atoms with Crippen LogP contribution in [0.25, 0.3) is 0 Å². The van der Waals surface area contributed by atoms with Gasteiger partial charge in [-0.15, -0.1) is 0 Å². The molecule has 1 heterocycles. The Balaban J connectivity index is 2.09. The molecule has 1 aromatic carbocycles. The Hall–Kier alpha value is -1.00. The molecule has 2 rings (SSSR count). The van der Waals surface area contributed by atoms with Gasteiger partial charge in [0.15, 0.2) is 5.78 Å². The third-order valence-electron chi connectivity index (χ3n) is 2.67. The zero-order valence-electron chi connectivity index (χ0n) is 9.94. The smallest absolute Gasteiger partial charge is 0.180 e. The lowest BCUT2D eigenvalue weighted by molar-refractivity contribution is 0.0952. The number of hydrogen-bond donors (Lipinski definition) is 1. The fraction of sp³-hybridized carbons (Fsp3) is 0.462. The topological polar surface area (TPSA) is 38.3 Å². The average Bonchev–Trinajstić information content (AvgIpc) is 2.40. The van der Waals surface area contributed by atoms with E-state index < -0.39 is 0 Å². The zero-order valence-corrected chi connectivity index (χ0v) is 10.8.